The predicted octanol–water partition coefficient (Wildman–Crippen LogP) is 3.99. The number of H-pyrrole nitrogens is 1. The first kappa shape index (κ1) is 18.7. The van der Waals surface area contributed by atoms with Crippen LogP contribution in [0.3, 0.4) is 0 Å². The molecule has 0 aliphatic carbocycles. The SMILES string of the molecule is CCCCc1cc(=O)[nH]c(SC(C)C(=O)Nc2cccc(Br)c2)n1. The van der Waals surface area contributed by atoms with Crippen LogP contribution in [-0.2, 0) is 11.2 Å². The Bertz CT molecular complexity index is 763. The summed E-state index contributed by atoms with van der Waals surface area (Å²) in [4.78, 5) is 31.2. The molecule has 1 heterocycles. The number of nitrogens with one attached hydrogen (secondary N) is 2. The molecular weight excluding hydrogens is 390 g/mol. The van der Waals surface area contributed by atoms with Crippen molar-refractivity contribution in [3.8, 4) is 0 Å². The van der Waals surface area contributed by atoms with Gasteiger partial charge >= 0.3 is 0 Å². The lowest BCUT2D eigenvalue weighted by Gasteiger charge is -2.12. The number of aryl methyl sites for hydroxylation is 1. The number of aromatic amines is 1. The summed E-state index contributed by atoms with van der Waals surface area (Å²) in [6.45, 7) is 3.88. The second kappa shape index (κ2) is 9.03. The highest BCUT2D eigenvalue weighted by Crippen LogP contribution is 2.21. The molecule has 0 fully saturated rings. The molecule has 2 N–H and O–H groups in total. The molecule has 2 aromatic rings. The minimum Gasteiger partial charge on any atom is -0.325 e. The molecule has 5 nitrogen and oxygen atoms in total. The Morgan fingerprint density at radius 3 is 2.92 bits per heavy atom. The molecular formula is C17H20BrN3O2S. The van der Waals surface area contributed by atoms with Gasteiger partial charge < -0.3 is 10.3 Å². The molecule has 2 rings (SSSR count). The number of hydrogen-bond acceptors (Lipinski definition) is 4. The van der Waals surface area contributed by atoms with Crippen LogP contribution < -0.4 is 10.9 Å². The monoisotopic (exact) mass is 409 g/mol. The van der Waals surface area contributed by atoms with Crippen molar-refractivity contribution >= 4 is 39.3 Å². The zero-order valence-electron chi connectivity index (χ0n) is 13.6. The van der Waals surface area contributed by atoms with Gasteiger partial charge in [-0.3, -0.25) is 9.59 Å². The zero-order valence-corrected chi connectivity index (χ0v) is 16.0. The van der Waals surface area contributed by atoms with E-state index in [9.17, 15) is 9.59 Å². The number of hydrogen-bond donors (Lipinski definition) is 2. The number of benzene rings is 1. The maximum Gasteiger partial charge on any atom is 0.251 e. The highest BCUT2D eigenvalue weighted by atomic mass is 79.9. The maximum absolute atomic E-state index is 12.3. The van der Waals surface area contributed by atoms with E-state index in [1.165, 1.54) is 17.8 Å². The van der Waals surface area contributed by atoms with Crippen LogP contribution in [0.15, 0.2) is 44.8 Å². The fourth-order valence-electron chi connectivity index (χ4n) is 2.06. The molecule has 1 atom stereocenters. The van der Waals surface area contributed by atoms with E-state index in [2.05, 4.69) is 38.1 Å². The molecule has 0 saturated carbocycles. The van der Waals surface area contributed by atoms with E-state index >= 15 is 0 Å². The minimum atomic E-state index is -0.381. The first-order chi connectivity index (χ1) is 11.5. The number of carbonyl (C=O) groups is 1. The number of halogens is 1. The van der Waals surface area contributed by atoms with Crippen LogP contribution in [0.1, 0.15) is 32.4 Å². The molecule has 0 saturated heterocycles. The third-order valence-electron chi connectivity index (χ3n) is 3.31. The van der Waals surface area contributed by atoms with Crippen LogP contribution in [0, 0.1) is 0 Å². The third kappa shape index (κ3) is 5.79. The summed E-state index contributed by atoms with van der Waals surface area (Å²) in [6, 6.07) is 8.93. The number of thioether (sulfide) groups is 1. The molecule has 128 valence electrons. The van der Waals surface area contributed by atoms with Crippen molar-refractivity contribution in [3.63, 3.8) is 0 Å². The average molecular weight is 410 g/mol. The molecule has 1 amide bonds. The van der Waals surface area contributed by atoms with Crippen LogP contribution >= 0.6 is 27.7 Å². The van der Waals surface area contributed by atoms with E-state index in [1.807, 2.05) is 24.3 Å². The Labute approximate surface area is 153 Å². The molecule has 0 aliphatic heterocycles. The van der Waals surface area contributed by atoms with Gasteiger partial charge in [-0.25, -0.2) is 4.98 Å². The quantitative estimate of drug-likeness (QED) is 0.535. The Kier molecular flexibility index (Phi) is 7.05. The Morgan fingerprint density at radius 2 is 2.21 bits per heavy atom. The van der Waals surface area contributed by atoms with Crippen molar-refractivity contribution in [3.05, 3.63) is 50.9 Å². The van der Waals surface area contributed by atoms with E-state index in [0.717, 1.165) is 35.1 Å². The van der Waals surface area contributed by atoms with Crippen molar-refractivity contribution in [2.75, 3.05) is 5.32 Å². The van der Waals surface area contributed by atoms with Crippen molar-refractivity contribution in [1.29, 1.82) is 0 Å². The number of carbonyl (C=O) groups excluding carboxylic acids is 1. The largest absolute Gasteiger partial charge is 0.325 e. The number of unbranched alkanes of at least 4 members (excludes halogenated alkanes) is 1. The first-order valence-electron chi connectivity index (χ1n) is 7.81. The van der Waals surface area contributed by atoms with E-state index in [1.54, 1.807) is 6.92 Å². The van der Waals surface area contributed by atoms with Gasteiger partial charge in [0.05, 0.1) is 5.25 Å². The van der Waals surface area contributed by atoms with Gasteiger partial charge in [-0.2, -0.15) is 0 Å². The Balaban J connectivity index is 2.03. The summed E-state index contributed by atoms with van der Waals surface area (Å²) in [6.07, 6.45) is 2.80. The predicted molar refractivity (Wildman–Crippen MR) is 102 cm³/mol. The van der Waals surface area contributed by atoms with Crippen molar-refractivity contribution < 1.29 is 4.79 Å². The van der Waals surface area contributed by atoms with E-state index in [0.29, 0.717) is 5.16 Å². The summed E-state index contributed by atoms with van der Waals surface area (Å²) < 4.78 is 0.898. The Hall–Kier alpha value is -1.60. The van der Waals surface area contributed by atoms with Crippen molar-refractivity contribution in [2.24, 2.45) is 0 Å². The maximum atomic E-state index is 12.3. The van der Waals surface area contributed by atoms with Crippen molar-refractivity contribution in [2.45, 2.75) is 43.5 Å². The highest BCUT2D eigenvalue weighted by molar-refractivity contribution is 9.10. The van der Waals surface area contributed by atoms with Crippen LogP contribution in [0.5, 0.6) is 0 Å². The van der Waals surface area contributed by atoms with E-state index in [4.69, 9.17) is 0 Å². The van der Waals surface area contributed by atoms with Gasteiger partial charge in [0, 0.05) is 21.9 Å². The number of nitrogens with zero attached hydrogens (tertiary/aromatic N) is 1. The molecule has 1 aromatic carbocycles. The van der Waals surface area contributed by atoms with Crippen LogP contribution in [0.2, 0.25) is 0 Å². The van der Waals surface area contributed by atoms with Gasteiger partial charge in [0.2, 0.25) is 5.91 Å². The van der Waals surface area contributed by atoms with Gasteiger partial charge in [0.15, 0.2) is 5.16 Å². The molecule has 1 unspecified atom stereocenters. The summed E-state index contributed by atoms with van der Waals surface area (Å²) in [5.41, 5.74) is 1.31. The smallest absolute Gasteiger partial charge is 0.251 e. The number of amides is 1. The molecule has 0 aliphatic rings. The second-order valence-corrected chi connectivity index (χ2v) is 7.65. The summed E-state index contributed by atoms with van der Waals surface area (Å²) in [7, 11) is 0. The normalized spacial score (nSPS) is 12.0. The van der Waals surface area contributed by atoms with E-state index < -0.39 is 0 Å². The van der Waals surface area contributed by atoms with Crippen LogP contribution in [0.4, 0.5) is 5.69 Å². The zero-order chi connectivity index (χ0) is 17.5. The molecule has 7 heteroatoms. The van der Waals surface area contributed by atoms with E-state index in [-0.39, 0.29) is 16.7 Å². The molecule has 1 aromatic heterocycles. The standard InChI is InChI=1S/C17H20BrN3O2S/c1-3-4-7-14-10-15(22)21-17(20-14)24-11(2)16(23)19-13-8-5-6-12(18)9-13/h5-6,8-11H,3-4,7H2,1-2H3,(H,19,23)(H,20,21,22). The fourth-order valence-corrected chi connectivity index (χ4v) is 3.29. The van der Waals surface area contributed by atoms with Gasteiger partial charge in [-0.05, 0) is 38.0 Å². The lowest BCUT2D eigenvalue weighted by Crippen LogP contribution is -2.23. The number of anilines is 1. The first-order valence-corrected chi connectivity index (χ1v) is 9.48. The second-order valence-electron chi connectivity index (χ2n) is 5.41. The highest BCUT2D eigenvalue weighted by Gasteiger charge is 2.16. The summed E-state index contributed by atoms with van der Waals surface area (Å²) in [5, 5.41) is 2.95. The molecule has 0 radical (unpaired) electrons. The molecule has 0 bridgehead atoms. The Morgan fingerprint density at radius 1 is 1.42 bits per heavy atom. The minimum absolute atomic E-state index is 0.139. The lowest BCUT2D eigenvalue weighted by molar-refractivity contribution is -0.115. The number of aromatic nitrogens is 2. The third-order valence-corrected chi connectivity index (χ3v) is 4.79. The summed E-state index contributed by atoms with van der Waals surface area (Å²) in [5.74, 6) is -0.139. The molecule has 24 heavy (non-hydrogen) atoms. The van der Waals surface area contributed by atoms with Gasteiger partial charge in [-0.1, -0.05) is 47.1 Å². The molecule has 0 spiro atoms. The number of rotatable bonds is 7. The average Bonchev–Trinajstić information content (AvgIpc) is 2.52. The van der Waals surface area contributed by atoms with Crippen LogP contribution in [0.25, 0.3) is 0 Å². The fraction of sp³-hybridized carbons (Fsp3) is 0.353. The van der Waals surface area contributed by atoms with Gasteiger partial charge in [0.25, 0.3) is 5.56 Å². The topological polar surface area (TPSA) is 74.8 Å². The van der Waals surface area contributed by atoms with Crippen molar-refractivity contribution in [1.82, 2.24) is 9.97 Å². The van der Waals surface area contributed by atoms with Gasteiger partial charge in [-0.15, -0.1) is 0 Å². The summed E-state index contributed by atoms with van der Waals surface area (Å²) >= 11 is 4.62. The van der Waals surface area contributed by atoms with Gasteiger partial charge in [0.1, 0.15) is 0 Å². The lowest BCUT2D eigenvalue weighted by atomic mass is 10.2. The van der Waals surface area contributed by atoms with Crippen LogP contribution in [-0.4, -0.2) is 21.1 Å².